The van der Waals surface area contributed by atoms with E-state index in [4.69, 9.17) is 14.7 Å². The van der Waals surface area contributed by atoms with E-state index in [1.165, 1.54) is 0 Å². The number of benzene rings is 1. The summed E-state index contributed by atoms with van der Waals surface area (Å²) in [6.07, 6.45) is 3.39. The minimum Gasteiger partial charge on any atom is -0.398 e. The molecule has 1 aliphatic rings. The lowest BCUT2D eigenvalue weighted by Crippen LogP contribution is -2.41. The quantitative estimate of drug-likeness (QED) is 0.653. The fourth-order valence-electron chi connectivity index (χ4n) is 1.81. The zero-order chi connectivity index (χ0) is 14.8. The van der Waals surface area contributed by atoms with E-state index in [1.54, 1.807) is 12.3 Å². The molecule has 2 N–H and O–H groups in total. The van der Waals surface area contributed by atoms with Crippen molar-refractivity contribution >= 4 is 18.4 Å². The molecular weight excluding hydrogens is 251 g/mol. The second kappa shape index (κ2) is 5.42. The maximum absolute atomic E-state index is 8.03. The summed E-state index contributed by atoms with van der Waals surface area (Å²) in [5, 5.41) is 11.1. The predicted molar refractivity (Wildman–Crippen MR) is 83.0 cm³/mol. The lowest BCUT2D eigenvalue weighted by atomic mass is 9.82. The third-order valence-corrected chi connectivity index (χ3v) is 3.79. The molecule has 106 valence electrons. The minimum atomic E-state index is -0.617. The van der Waals surface area contributed by atoms with Gasteiger partial charge in [-0.05, 0) is 45.9 Å². The maximum Gasteiger partial charge on any atom is 0.513 e. The molecule has 0 radical (unpaired) electrons. The molecule has 0 aromatic heterocycles. The highest BCUT2D eigenvalue weighted by molar-refractivity contribution is 6.84. The van der Waals surface area contributed by atoms with Crippen molar-refractivity contribution in [3.63, 3.8) is 0 Å². The Balaban J connectivity index is 1.93. The molecule has 2 rings (SSSR count). The summed E-state index contributed by atoms with van der Waals surface area (Å²) in [6, 6.07) is 9.79. The average Bonchev–Trinajstić information content (AvgIpc) is 2.60. The summed E-state index contributed by atoms with van der Waals surface area (Å²) in [5.41, 5.74) is 0.451. The highest BCUT2D eigenvalue weighted by atomic mass is 16.7. The molecule has 1 aliphatic heterocycles. The van der Waals surface area contributed by atoms with Gasteiger partial charge in [-0.1, -0.05) is 18.2 Å². The van der Waals surface area contributed by atoms with Gasteiger partial charge >= 0.3 is 7.12 Å². The fraction of sp³-hybridized carbons (Fsp3) is 0.400. The Hall–Kier alpha value is -1.59. The van der Waals surface area contributed by atoms with Crippen LogP contribution < -0.4 is 5.32 Å². The SMILES string of the molecule is CC1(C)OB(C(=N)/C=C\Nc2ccccc2)OC1(C)C. The van der Waals surface area contributed by atoms with Gasteiger partial charge < -0.3 is 20.0 Å². The number of para-hydroxylation sites is 1. The Labute approximate surface area is 120 Å². The monoisotopic (exact) mass is 272 g/mol. The van der Waals surface area contributed by atoms with E-state index in [-0.39, 0.29) is 0 Å². The van der Waals surface area contributed by atoms with Crippen molar-refractivity contribution in [3.8, 4) is 0 Å². The van der Waals surface area contributed by atoms with E-state index in [9.17, 15) is 0 Å². The second-order valence-electron chi connectivity index (χ2n) is 5.89. The fourth-order valence-corrected chi connectivity index (χ4v) is 1.81. The highest BCUT2D eigenvalue weighted by Gasteiger charge is 2.52. The van der Waals surface area contributed by atoms with Gasteiger partial charge in [0.1, 0.15) is 0 Å². The van der Waals surface area contributed by atoms with Crippen molar-refractivity contribution in [1.82, 2.24) is 0 Å². The average molecular weight is 272 g/mol. The molecule has 0 aliphatic carbocycles. The smallest absolute Gasteiger partial charge is 0.398 e. The Morgan fingerprint density at radius 2 is 1.65 bits per heavy atom. The van der Waals surface area contributed by atoms with E-state index in [1.807, 2.05) is 58.0 Å². The molecule has 0 atom stereocenters. The predicted octanol–water partition coefficient (Wildman–Crippen LogP) is 3.26. The first-order valence-electron chi connectivity index (χ1n) is 6.74. The summed E-state index contributed by atoms with van der Waals surface area (Å²) in [5.74, 6) is 0. The van der Waals surface area contributed by atoms with Gasteiger partial charge in [0, 0.05) is 11.9 Å². The minimum absolute atomic E-state index is 0.298. The van der Waals surface area contributed by atoms with Crippen LogP contribution in [0.1, 0.15) is 27.7 Å². The van der Waals surface area contributed by atoms with E-state index >= 15 is 0 Å². The van der Waals surface area contributed by atoms with Crippen LogP contribution in [0.15, 0.2) is 42.6 Å². The standard InChI is InChI=1S/C15H21BN2O2/c1-14(2)15(3,4)20-16(19-14)13(17)10-11-18-12-8-6-5-7-9-12/h5-11,17-18H,1-4H3/b11-10-,17-13?. The highest BCUT2D eigenvalue weighted by Crippen LogP contribution is 2.36. The number of nitrogens with one attached hydrogen (secondary N) is 2. The van der Waals surface area contributed by atoms with Gasteiger partial charge in [0.05, 0.1) is 16.8 Å². The Kier molecular flexibility index (Phi) is 4.02. The van der Waals surface area contributed by atoms with Gasteiger partial charge in [-0.25, -0.2) is 0 Å². The van der Waals surface area contributed by atoms with Crippen LogP contribution in [0.3, 0.4) is 0 Å². The van der Waals surface area contributed by atoms with Crippen molar-refractivity contribution in [2.75, 3.05) is 5.32 Å². The molecule has 0 saturated carbocycles. The van der Waals surface area contributed by atoms with Gasteiger partial charge in [-0.3, -0.25) is 0 Å². The summed E-state index contributed by atoms with van der Waals surface area (Å²) < 4.78 is 11.6. The van der Waals surface area contributed by atoms with Gasteiger partial charge in [-0.15, -0.1) is 0 Å². The Bertz CT molecular complexity index is 496. The Morgan fingerprint density at radius 3 is 2.20 bits per heavy atom. The van der Waals surface area contributed by atoms with Crippen molar-refractivity contribution in [2.24, 2.45) is 0 Å². The van der Waals surface area contributed by atoms with Crippen LogP contribution in [0.5, 0.6) is 0 Å². The van der Waals surface area contributed by atoms with E-state index in [2.05, 4.69) is 5.32 Å². The molecule has 1 aromatic carbocycles. The van der Waals surface area contributed by atoms with E-state index in [0.29, 0.717) is 5.61 Å². The van der Waals surface area contributed by atoms with Crippen molar-refractivity contribution in [3.05, 3.63) is 42.6 Å². The van der Waals surface area contributed by atoms with Crippen LogP contribution in [0.2, 0.25) is 0 Å². The molecule has 1 aromatic rings. The molecule has 0 unspecified atom stereocenters. The molecule has 20 heavy (non-hydrogen) atoms. The zero-order valence-corrected chi connectivity index (χ0v) is 12.4. The topological polar surface area (TPSA) is 54.3 Å². The Morgan fingerprint density at radius 1 is 1.10 bits per heavy atom. The molecular formula is C15H21BN2O2. The first-order chi connectivity index (χ1) is 9.32. The van der Waals surface area contributed by atoms with E-state index < -0.39 is 18.3 Å². The molecule has 0 spiro atoms. The molecule has 1 saturated heterocycles. The van der Waals surface area contributed by atoms with Gasteiger partial charge in [0.25, 0.3) is 0 Å². The van der Waals surface area contributed by atoms with E-state index in [0.717, 1.165) is 5.69 Å². The van der Waals surface area contributed by atoms with Gasteiger partial charge in [0.2, 0.25) is 0 Å². The first-order valence-corrected chi connectivity index (χ1v) is 6.74. The van der Waals surface area contributed by atoms with Gasteiger partial charge in [-0.2, -0.15) is 0 Å². The summed E-state index contributed by atoms with van der Waals surface area (Å²) in [4.78, 5) is 0. The van der Waals surface area contributed by atoms with Crippen LogP contribution in [0.4, 0.5) is 5.69 Å². The van der Waals surface area contributed by atoms with Crippen molar-refractivity contribution in [1.29, 1.82) is 5.41 Å². The second-order valence-corrected chi connectivity index (χ2v) is 5.89. The lowest BCUT2D eigenvalue weighted by Gasteiger charge is -2.32. The molecule has 4 nitrogen and oxygen atoms in total. The summed E-state index contributed by atoms with van der Waals surface area (Å²) in [7, 11) is -0.617. The third-order valence-electron chi connectivity index (χ3n) is 3.79. The molecule has 0 amide bonds. The lowest BCUT2D eigenvalue weighted by molar-refractivity contribution is 0.00578. The molecule has 0 bridgehead atoms. The zero-order valence-electron chi connectivity index (χ0n) is 12.4. The van der Waals surface area contributed by atoms with Gasteiger partial charge in [0.15, 0.2) is 0 Å². The van der Waals surface area contributed by atoms with Crippen LogP contribution >= 0.6 is 0 Å². The summed E-state index contributed by atoms with van der Waals surface area (Å²) >= 11 is 0. The van der Waals surface area contributed by atoms with Crippen molar-refractivity contribution < 1.29 is 9.31 Å². The normalized spacial score (nSPS) is 20.3. The number of hydrogen-bond donors (Lipinski definition) is 2. The summed E-state index contributed by atoms with van der Waals surface area (Å²) in [6.45, 7) is 7.91. The maximum atomic E-state index is 8.03. The molecule has 5 heteroatoms. The number of allylic oxidation sites excluding steroid dienone is 1. The first kappa shape index (κ1) is 14.8. The third kappa shape index (κ3) is 3.11. The largest absolute Gasteiger partial charge is 0.513 e. The van der Waals surface area contributed by atoms with Crippen LogP contribution in [0, 0.1) is 5.41 Å². The van der Waals surface area contributed by atoms with Crippen LogP contribution in [-0.2, 0) is 9.31 Å². The molecule has 1 fully saturated rings. The number of hydrogen-bond acceptors (Lipinski definition) is 4. The van der Waals surface area contributed by atoms with Crippen LogP contribution in [-0.4, -0.2) is 23.9 Å². The number of anilines is 1. The van der Waals surface area contributed by atoms with Crippen LogP contribution in [0.25, 0.3) is 0 Å². The van der Waals surface area contributed by atoms with Crippen molar-refractivity contribution in [2.45, 2.75) is 38.9 Å². The number of rotatable bonds is 4. The molecule has 1 heterocycles.